The van der Waals surface area contributed by atoms with E-state index in [1.165, 1.54) is 25.6 Å². The zero-order chi connectivity index (χ0) is 26.5. The van der Waals surface area contributed by atoms with Gasteiger partial charge in [-0.25, -0.2) is 18.7 Å². The minimum atomic E-state index is -0.758. The Morgan fingerprint density at radius 2 is 1.79 bits per heavy atom. The van der Waals surface area contributed by atoms with Crippen LogP contribution in [-0.4, -0.2) is 54.5 Å². The van der Waals surface area contributed by atoms with Crippen LogP contribution in [0.3, 0.4) is 0 Å². The van der Waals surface area contributed by atoms with Crippen molar-refractivity contribution in [3.8, 4) is 11.6 Å². The number of hydrogen-bond donors (Lipinski definition) is 3. The van der Waals surface area contributed by atoms with Crippen molar-refractivity contribution in [2.75, 3.05) is 43.6 Å². The molecule has 2 aliphatic rings. The molecule has 38 heavy (non-hydrogen) atoms. The third kappa shape index (κ3) is 6.14. The van der Waals surface area contributed by atoms with Gasteiger partial charge in [0.15, 0.2) is 11.6 Å². The highest BCUT2D eigenvalue weighted by Gasteiger charge is 2.31. The molecule has 2 heterocycles. The third-order valence-corrected chi connectivity index (χ3v) is 7.06. The van der Waals surface area contributed by atoms with Crippen molar-refractivity contribution >= 4 is 17.2 Å². The number of piperidine rings is 1. The molecule has 1 aliphatic heterocycles. The Bertz CT molecular complexity index is 1210. The molecule has 0 unspecified atom stereocenters. The fraction of sp³-hybridized carbons (Fsp3) is 0.429. The summed E-state index contributed by atoms with van der Waals surface area (Å²) in [5.74, 6) is -0.527. The number of nitrogens with one attached hydrogen (secondary N) is 2. The van der Waals surface area contributed by atoms with Crippen molar-refractivity contribution in [2.45, 2.75) is 44.2 Å². The Morgan fingerprint density at radius 3 is 2.42 bits per heavy atom. The molecule has 2 fully saturated rings. The molecule has 1 aliphatic carbocycles. The van der Waals surface area contributed by atoms with Crippen LogP contribution in [0.2, 0.25) is 0 Å². The monoisotopic (exact) mass is 525 g/mol. The van der Waals surface area contributed by atoms with Crippen LogP contribution in [0.4, 0.5) is 26.0 Å². The van der Waals surface area contributed by atoms with Crippen LogP contribution in [-0.2, 0) is 6.61 Å². The molecule has 0 atom stereocenters. The van der Waals surface area contributed by atoms with Crippen LogP contribution in [0.25, 0.3) is 0 Å². The van der Waals surface area contributed by atoms with Crippen molar-refractivity contribution in [2.24, 2.45) is 0 Å². The van der Waals surface area contributed by atoms with Crippen molar-refractivity contribution in [3.63, 3.8) is 0 Å². The Morgan fingerprint density at radius 1 is 1.03 bits per heavy atom. The molecular formula is C28H33F2N5O3. The van der Waals surface area contributed by atoms with Gasteiger partial charge in [0.25, 0.3) is 0 Å². The Balaban J connectivity index is 1.15. The number of benzene rings is 2. The second-order valence-electron chi connectivity index (χ2n) is 9.69. The zero-order valence-corrected chi connectivity index (χ0v) is 21.4. The van der Waals surface area contributed by atoms with Gasteiger partial charge >= 0.3 is 0 Å². The van der Waals surface area contributed by atoms with Gasteiger partial charge in [0, 0.05) is 37.1 Å². The highest BCUT2D eigenvalue weighted by Crippen LogP contribution is 2.44. The molecule has 0 spiro atoms. The fourth-order valence-electron chi connectivity index (χ4n) is 4.77. The van der Waals surface area contributed by atoms with E-state index in [4.69, 9.17) is 14.6 Å². The normalized spacial score (nSPS) is 15.9. The molecule has 0 bridgehead atoms. The van der Waals surface area contributed by atoms with Crippen LogP contribution in [0, 0.1) is 11.6 Å². The van der Waals surface area contributed by atoms with E-state index in [0.717, 1.165) is 50.1 Å². The summed E-state index contributed by atoms with van der Waals surface area (Å²) in [5, 5.41) is 15.6. The first-order chi connectivity index (χ1) is 18.6. The summed E-state index contributed by atoms with van der Waals surface area (Å²) in [5.41, 5.74) is 2.33. The average Bonchev–Trinajstić information content (AvgIpc) is 3.79. The second kappa shape index (κ2) is 11.9. The molecular weight excluding hydrogens is 492 g/mol. The SMILES string of the molecule is COc1cc(C2CC2)c(F)c(COc2cnc(Nc3ccc(N4CCC(NCCO)CC4)cc3)cn2)c1F. The predicted molar refractivity (Wildman–Crippen MR) is 141 cm³/mol. The summed E-state index contributed by atoms with van der Waals surface area (Å²) >= 11 is 0. The zero-order valence-electron chi connectivity index (χ0n) is 21.4. The van der Waals surface area contributed by atoms with Gasteiger partial charge in [-0.2, -0.15) is 0 Å². The van der Waals surface area contributed by atoms with E-state index < -0.39 is 11.6 Å². The lowest BCUT2D eigenvalue weighted by Gasteiger charge is -2.34. The maximum absolute atomic E-state index is 14.9. The molecule has 1 aromatic heterocycles. The van der Waals surface area contributed by atoms with E-state index in [1.807, 2.05) is 12.1 Å². The summed E-state index contributed by atoms with van der Waals surface area (Å²) in [6, 6.07) is 10.0. The molecule has 3 aromatic rings. The number of aliphatic hydroxyl groups is 1. The van der Waals surface area contributed by atoms with Crippen LogP contribution in [0.15, 0.2) is 42.7 Å². The number of hydrogen-bond acceptors (Lipinski definition) is 8. The summed E-state index contributed by atoms with van der Waals surface area (Å²) in [6.45, 7) is 2.43. The second-order valence-corrected chi connectivity index (χ2v) is 9.69. The average molecular weight is 526 g/mol. The van der Waals surface area contributed by atoms with Crippen LogP contribution >= 0.6 is 0 Å². The molecule has 1 saturated heterocycles. The number of methoxy groups -OCH3 is 1. The number of nitrogens with zero attached hydrogens (tertiary/aromatic N) is 3. The molecule has 8 nitrogen and oxygen atoms in total. The minimum absolute atomic E-state index is 0.0167. The number of ether oxygens (including phenoxy) is 2. The Labute approximate surface area is 221 Å². The number of aromatic nitrogens is 2. The van der Waals surface area contributed by atoms with Gasteiger partial charge in [-0.1, -0.05) is 0 Å². The lowest BCUT2D eigenvalue weighted by molar-refractivity contribution is 0.275. The molecule has 0 radical (unpaired) electrons. The molecule has 5 rings (SSSR count). The van der Waals surface area contributed by atoms with E-state index in [2.05, 4.69) is 37.6 Å². The van der Waals surface area contributed by atoms with E-state index in [1.54, 1.807) is 0 Å². The van der Waals surface area contributed by atoms with Crippen LogP contribution in [0.1, 0.15) is 42.7 Å². The van der Waals surface area contributed by atoms with E-state index in [9.17, 15) is 8.78 Å². The summed E-state index contributed by atoms with van der Waals surface area (Å²) < 4.78 is 40.3. The van der Waals surface area contributed by atoms with Crippen molar-refractivity contribution in [3.05, 3.63) is 65.5 Å². The first kappa shape index (κ1) is 26.1. The predicted octanol–water partition coefficient (Wildman–Crippen LogP) is 4.51. The number of halogens is 2. The van der Waals surface area contributed by atoms with Gasteiger partial charge in [0.05, 0.1) is 31.7 Å². The number of anilines is 3. The topological polar surface area (TPSA) is 91.8 Å². The fourth-order valence-corrected chi connectivity index (χ4v) is 4.77. The Hall–Kier alpha value is -3.50. The molecule has 3 N–H and O–H groups in total. The van der Waals surface area contributed by atoms with Gasteiger partial charge in [0.2, 0.25) is 5.88 Å². The summed E-state index contributed by atoms with van der Waals surface area (Å²) in [7, 11) is 1.37. The molecule has 2 aromatic carbocycles. The van der Waals surface area contributed by atoms with Gasteiger partial charge in [-0.3, -0.25) is 0 Å². The van der Waals surface area contributed by atoms with E-state index >= 15 is 0 Å². The maximum atomic E-state index is 14.9. The van der Waals surface area contributed by atoms with Gasteiger partial charge < -0.3 is 30.1 Å². The summed E-state index contributed by atoms with van der Waals surface area (Å²) in [4.78, 5) is 10.9. The first-order valence-corrected chi connectivity index (χ1v) is 13.0. The van der Waals surface area contributed by atoms with E-state index in [-0.39, 0.29) is 36.3 Å². The smallest absolute Gasteiger partial charge is 0.232 e. The lowest BCUT2D eigenvalue weighted by Crippen LogP contribution is -2.43. The quantitative estimate of drug-likeness (QED) is 0.337. The summed E-state index contributed by atoms with van der Waals surface area (Å²) in [6.07, 6.45) is 6.80. The van der Waals surface area contributed by atoms with Crippen LogP contribution in [0.5, 0.6) is 11.6 Å². The molecule has 0 amide bonds. The van der Waals surface area contributed by atoms with Gasteiger partial charge in [-0.05, 0) is 67.5 Å². The molecule has 202 valence electrons. The van der Waals surface area contributed by atoms with Crippen LogP contribution < -0.4 is 25.0 Å². The maximum Gasteiger partial charge on any atom is 0.232 e. The number of aliphatic hydroxyl groups excluding tert-OH is 1. The van der Waals surface area contributed by atoms with Crippen molar-refractivity contribution in [1.29, 1.82) is 0 Å². The lowest BCUT2D eigenvalue weighted by atomic mass is 10.0. The van der Waals surface area contributed by atoms with E-state index in [0.29, 0.717) is 24.0 Å². The van der Waals surface area contributed by atoms with Gasteiger partial charge in [-0.15, -0.1) is 0 Å². The number of rotatable bonds is 11. The molecule has 1 saturated carbocycles. The standard InChI is InChI=1S/C28H33F2N5O3/c1-37-24-14-22(18-2-3-18)27(29)23(28(24)30)17-38-26-16-32-25(15-33-26)34-20-4-6-21(7-5-20)35-11-8-19(9-12-35)31-10-13-36/h4-7,14-16,18-19,31,36H,2-3,8-13,17H2,1H3,(H,32,34). The highest BCUT2D eigenvalue weighted by molar-refractivity contribution is 5.60. The van der Waals surface area contributed by atoms with Gasteiger partial charge in [0.1, 0.15) is 18.2 Å². The highest BCUT2D eigenvalue weighted by atomic mass is 19.1. The third-order valence-electron chi connectivity index (χ3n) is 7.06. The molecule has 10 heteroatoms. The van der Waals surface area contributed by atoms with Crippen molar-refractivity contribution < 1.29 is 23.4 Å². The Kier molecular flexibility index (Phi) is 8.19. The van der Waals surface area contributed by atoms with Crippen molar-refractivity contribution in [1.82, 2.24) is 15.3 Å². The minimum Gasteiger partial charge on any atom is -0.494 e. The largest absolute Gasteiger partial charge is 0.494 e. The first-order valence-electron chi connectivity index (χ1n) is 13.0.